The Kier molecular flexibility index (Phi) is 2.76. The molecule has 76 valence electrons. The number of carbonyl (C=O) groups excluding carboxylic acids is 1. The molecule has 0 unspecified atom stereocenters. The lowest BCUT2D eigenvalue weighted by Crippen LogP contribution is -2.18. The third-order valence-electron chi connectivity index (χ3n) is 2.26. The minimum Gasteiger partial charge on any atom is -0.392 e. The highest BCUT2D eigenvalue weighted by atomic mass is 16.3. The highest BCUT2D eigenvalue weighted by Gasteiger charge is 2.24. The van der Waals surface area contributed by atoms with Crippen molar-refractivity contribution in [3.63, 3.8) is 0 Å². The topological polar surface area (TPSA) is 37.3 Å². The fraction of sp³-hybridized carbons (Fsp3) is 0.417. The first-order valence-corrected chi connectivity index (χ1v) is 4.63. The average molecular weight is 192 g/mol. The zero-order chi connectivity index (χ0) is 10.9. The number of hydrogen-bond acceptors (Lipinski definition) is 2. The van der Waals surface area contributed by atoms with Crippen LogP contribution in [-0.2, 0) is 4.79 Å². The summed E-state index contributed by atoms with van der Waals surface area (Å²) in [5.41, 5.74) is 2.12. The maximum absolute atomic E-state index is 11.3. The summed E-state index contributed by atoms with van der Waals surface area (Å²) in [5.74, 6) is -0.109. The van der Waals surface area contributed by atoms with E-state index < -0.39 is 0 Å². The number of ketones is 1. The SMILES string of the molecule is C=C1C=C(C(C)(C)C)C(CO)=CC1=O. The van der Waals surface area contributed by atoms with Gasteiger partial charge < -0.3 is 5.11 Å². The van der Waals surface area contributed by atoms with Gasteiger partial charge in [0.25, 0.3) is 0 Å². The van der Waals surface area contributed by atoms with Gasteiger partial charge in [0, 0.05) is 5.57 Å². The van der Waals surface area contributed by atoms with E-state index in [-0.39, 0.29) is 17.8 Å². The molecule has 1 aliphatic carbocycles. The van der Waals surface area contributed by atoms with E-state index in [1.165, 1.54) is 6.08 Å². The maximum Gasteiger partial charge on any atom is 0.185 e. The highest BCUT2D eigenvalue weighted by molar-refractivity contribution is 6.08. The van der Waals surface area contributed by atoms with Crippen LogP contribution in [0.1, 0.15) is 20.8 Å². The van der Waals surface area contributed by atoms with Gasteiger partial charge in [-0.1, -0.05) is 27.4 Å². The predicted octanol–water partition coefficient (Wildman–Crippen LogP) is 2.02. The van der Waals surface area contributed by atoms with Crippen molar-refractivity contribution in [1.82, 2.24) is 0 Å². The second kappa shape index (κ2) is 3.54. The van der Waals surface area contributed by atoms with Crippen LogP contribution < -0.4 is 0 Å². The number of aliphatic hydroxyl groups is 1. The molecule has 0 aromatic carbocycles. The predicted molar refractivity (Wildman–Crippen MR) is 56.9 cm³/mol. The molecule has 0 amide bonds. The van der Waals surface area contributed by atoms with Gasteiger partial charge in [-0.25, -0.2) is 0 Å². The molecule has 0 saturated carbocycles. The molecule has 0 aromatic rings. The summed E-state index contributed by atoms with van der Waals surface area (Å²) in [6.07, 6.45) is 3.25. The Labute approximate surface area is 84.6 Å². The zero-order valence-corrected chi connectivity index (χ0v) is 8.92. The van der Waals surface area contributed by atoms with Crippen LogP contribution in [0.3, 0.4) is 0 Å². The first kappa shape index (κ1) is 10.9. The quantitative estimate of drug-likeness (QED) is 0.645. The molecule has 1 rings (SSSR count). The summed E-state index contributed by atoms with van der Waals surface area (Å²) in [4.78, 5) is 11.3. The lowest BCUT2D eigenvalue weighted by molar-refractivity contribution is -0.111. The maximum atomic E-state index is 11.3. The van der Waals surface area contributed by atoms with Crippen molar-refractivity contribution < 1.29 is 9.90 Å². The van der Waals surface area contributed by atoms with Crippen LogP contribution >= 0.6 is 0 Å². The summed E-state index contributed by atoms with van der Waals surface area (Å²) in [6, 6.07) is 0. The molecule has 0 atom stereocenters. The molecule has 14 heavy (non-hydrogen) atoms. The summed E-state index contributed by atoms with van der Waals surface area (Å²) in [7, 11) is 0. The molecule has 0 fully saturated rings. The van der Waals surface area contributed by atoms with E-state index in [2.05, 4.69) is 6.58 Å². The Morgan fingerprint density at radius 2 is 1.93 bits per heavy atom. The van der Waals surface area contributed by atoms with Crippen molar-refractivity contribution in [2.24, 2.45) is 5.41 Å². The first-order valence-electron chi connectivity index (χ1n) is 4.63. The van der Waals surface area contributed by atoms with Gasteiger partial charge in [-0.15, -0.1) is 0 Å². The summed E-state index contributed by atoms with van der Waals surface area (Å²) in [6.45, 7) is 9.72. The average Bonchev–Trinajstić information content (AvgIpc) is 2.07. The van der Waals surface area contributed by atoms with Gasteiger partial charge in [0.1, 0.15) is 0 Å². The van der Waals surface area contributed by atoms with Crippen LogP contribution in [0.25, 0.3) is 0 Å². The Balaban J connectivity index is 3.17. The van der Waals surface area contributed by atoms with Crippen molar-refractivity contribution in [2.75, 3.05) is 6.61 Å². The lowest BCUT2D eigenvalue weighted by atomic mass is 9.78. The number of rotatable bonds is 1. The minimum absolute atomic E-state index is 0.0712. The standard InChI is InChI=1S/C12H16O2/c1-8-5-10(12(2,3)4)9(7-13)6-11(8)14/h5-6,13H,1,7H2,2-4H3. The van der Waals surface area contributed by atoms with Gasteiger partial charge in [0.2, 0.25) is 0 Å². The van der Waals surface area contributed by atoms with E-state index in [4.69, 9.17) is 5.11 Å². The Morgan fingerprint density at radius 1 is 1.36 bits per heavy atom. The molecule has 0 spiro atoms. The van der Waals surface area contributed by atoms with Crippen LogP contribution in [0.4, 0.5) is 0 Å². The second-order valence-electron chi connectivity index (χ2n) is 4.53. The summed E-state index contributed by atoms with van der Waals surface area (Å²) < 4.78 is 0. The molecular formula is C12H16O2. The molecule has 1 N–H and O–H groups in total. The van der Waals surface area contributed by atoms with Crippen LogP contribution in [0.5, 0.6) is 0 Å². The van der Waals surface area contributed by atoms with Crippen molar-refractivity contribution in [1.29, 1.82) is 0 Å². The molecule has 0 heterocycles. The fourth-order valence-corrected chi connectivity index (χ4v) is 1.50. The van der Waals surface area contributed by atoms with Gasteiger partial charge in [-0.05, 0) is 28.7 Å². The third kappa shape index (κ3) is 2.02. The van der Waals surface area contributed by atoms with Crippen molar-refractivity contribution in [3.8, 4) is 0 Å². The minimum atomic E-state index is -0.109. The fourth-order valence-electron chi connectivity index (χ4n) is 1.50. The summed E-state index contributed by atoms with van der Waals surface area (Å²) in [5, 5.41) is 9.14. The van der Waals surface area contributed by atoms with Crippen LogP contribution in [0, 0.1) is 5.41 Å². The van der Waals surface area contributed by atoms with Gasteiger partial charge in [0.15, 0.2) is 5.78 Å². The molecule has 0 bridgehead atoms. The number of carbonyl (C=O) groups is 1. The molecule has 2 heteroatoms. The smallest absolute Gasteiger partial charge is 0.185 e. The van der Waals surface area contributed by atoms with E-state index in [0.29, 0.717) is 11.1 Å². The first-order chi connectivity index (χ1) is 6.36. The van der Waals surface area contributed by atoms with Crippen LogP contribution in [0.2, 0.25) is 0 Å². The summed E-state index contributed by atoms with van der Waals surface area (Å²) >= 11 is 0. The number of aliphatic hydroxyl groups excluding tert-OH is 1. The molecule has 0 radical (unpaired) electrons. The van der Waals surface area contributed by atoms with E-state index in [1.807, 2.05) is 20.8 Å². The van der Waals surface area contributed by atoms with Crippen LogP contribution in [-0.4, -0.2) is 17.5 Å². The van der Waals surface area contributed by atoms with Crippen LogP contribution in [0.15, 0.2) is 35.5 Å². The largest absolute Gasteiger partial charge is 0.392 e. The lowest BCUT2D eigenvalue weighted by Gasteiger charge is -2.27. The van der Waals surface area contributed by atoms with Crippen molar-refractivity contribution in [3.05, 3.63) is 35.5 Å². The third-order valence-corrected chi connectivity index (χ3v) is 2.26. The van der Waals surface area contributed by atoms with E-state index in [1.54, 1.807) is 6.08 Å². The molecule has 0 aromatic heterocycles. The molecular weight excluding hydrogens is 176 g/mol. The highest BCUT2D eigenvalue weighted by Crippen LogP contribution is 2.34. The number of hydrogen-bond donors (Lipinski definition) is 1. The Bertz CT molecular complexity index is 338. The van der Waals surface area contributed by atoms with E-state index in [9.17, 15) is 4.79 Å². The molecule has 1 aliphatic rings. The molecule has 2 nitrogen and oxygen atoms in total. The van der Waals surface area contributed by atoms with Gasteiger partial charge in [-0.3, -0.25) is 4.79 Å². The van der Waals surface area contributed by atoms with Gasteiger partial charge in [-0.2, -0.15) is 0 Å². The van der Waals surface area contributed by atoms with Crippen molar-refractivity contribution >= 4 is 5.78 Å². The molecule has 0 aliphatic heterocycles. The van der Waals surface area contributed by atoms with Gasteiger partial charge >= 0.3 is 0 Å². The van der Waals surface area contributed by atoms with E-state index >= 15 is 0 Å². The Morgan fingerprint density at radius 3 is 2.36 bits per heavy atom. The van der Waals surface area contributed by atoms with Crippen molar-refractivity contribution in [2.45, 2.75) is 20.8 Å². The number of allylic oxidation sites excluding steroid dienone is 3. The van der Waals surface area contributed by atoms with E-state index in [0.717, 1.165) is 5.57 Å². The normalized spacial score (nSPS) is 18.0. The Hall–Kier alpha value is -1.15. The monoisotopic (exact) mass is 192 g/mol. The second-order valence-corrected chi connectivity index (χ2v) is 4.53. The zero-order valence-electron chi connectivity index (χ0n) is 8.92. The molecule has 0 saturated heterocycles. The van der Waals surface area contributed by atoms with Gasteiger partial charge in [0.05, 0.1) is 6.61 Å².